The van der Waals surface area contributed by atoms with Crippen LogP contribution in [-0.4, -0.2) is 20.9 Å². The molecule has 0 radical (unpaired) electrons. The summed E-state index contributed by atoms with van der Waals surface area (Å²) in [5.74, 6) is -0.616. The minimum absolute atomic E-state index is 0.102. The second kappa shape index (κ2) is 9.24. The van der Waals surface area contributed by atoms with Crippen molar-refractivity contribution in [3.8, 4) is 5.69 Å². The lowest BCUT2D eigenvalue weighted by atomic mass is 10.2. The van der Waals surface area contributed by atoms with Gasteiger partial charge in [-0.15, -0.1) is 0 Å². The number of aryl methyl sites for hydroxylation is 1. The average molecular weight is 432 g/mol. The Hall–Kier alpha value is -2.64. The van der Waals surface area contributed by atoms with Crippen LogP contribution in [0.2, 0.25) is 5.02 Å². The number of amides is 1. The van der Waals surface area contributed by atoms with Gasteiger partial charge >= 0.3 is 0 Å². The van der Waals surface area contributed by atoms with E-state index in [4.69, 9.17) is 11.6 Å². The zero-order valence-corrected chi connectivity index (χ0v) is 17.4. The number of hydrogen-bond acceptors (Lipinski definition) is 4. The van der Waals surface area contributed by atoms with Gasteiger partial charge in [0.15, 0.2) is 0 Å². The van der Waals surface area contributed by atoms with Crippen molar-refractivity contribution in [2.24, 2.45) is 0 Å². The molecule has 1 atom stereocenters. The van der Waals surface area contributed by atoms with Crippen LogP contribution in [0.5, 0.6) is 0 Å². The summed E-state index contributed by atoms with van der Waals surface area (Å²) in [5.41, 5.74) is 1.56. The van der Waals surface area contributed by atoms with E-state index in [9.17, 15) is 14.0 Å². The van der Waals surface area contributed by atoms with E-state index in [1.807, 2.05) is 13.0 Å². The van der Waals surface area contributed by atoms with E-state index in [0.717, 1.165) is 5.56 Å². The van der Waals surface area contributed by atoms with Crippen LogP contribution in [0, 0.1) is 12.7 Å². The molecule has 29 heavy (non-hydrogen) atoms. The third kappa shape index (κ3) is 5.25. The molecule has 5 nitrogen and oxygen atoms in total. The summed E-state index contributed by atoms with van der Waals surface area (Å²) in [6.45, 7) is 3.70. The normalized spacial score (nSPS) is 11.9. The highest BCUT2D eigenvalue weighted by Gasteiger charge is 2.16. The van der Waals surface area contributed by atoms with E-state index in [0.29, 0.717) is 21.3 Å². The fourth-order valence-electron chi connectivity index (χ4n) is 2.56. The van der Waals surface area contributed by atoms with Crippen LogP contribution < -0.4 is 10.9 Å². The first-order valence-corrected chi connectivity index (χ1v) is 10.2. The molecule has 0 fully saturated rings. The van der Waals surface area contributed by atoms with Crippen molar-refractivity contribution in [2.45, 2.75) is 30.7 Å². The topological polar surface area (TPSA) is 64.0 Å². The van der Waals surface area contributed by atoms with Gasteiger partial charge < -0.3 is 5.32 Å². The smallest absolute Gasteiger partial charge is 0.271 e. The monoisotopic (exact) mass is 431 g/mol. The van der Waals surface area contributed by atoms with Crippen LogP contribution in [0.3, 0.4) is 0 Å². The summed E-state index contributed by atoms with van der Waals surface area (Å²) in [6, 6.07) is 14.5. The molecule has 1 unspecified atom stereocenters. The van der Waals surface area contributed by atoms with Gasteiger partial charge in [-0.2, -0.15) is 9.78 Å². The van der Waals surface area contributed by atoms with Crippen LogP contribution in [0.25, 0.3) is 5.69 Å². The SMILES string of the molecule is Cc1ccc(-n2nc(SC(C)C(=O)NCc3ccccc3F)ccc2=O)cc1Cl. The fraction of sp³-hybridized carbons (Fsp3) is 0.190. The molecule has 1 amide bonds. The van der Waals surface area contributed by atoms with Crippen LogP contribution in [0.15, 0.2) is 64.4 Å². The van der Waals surface area contributed by atoms with E-state index >= 15 is 0 Å². The van der Waals surface area contributed by atoms with Crippen LogP contribution in [0.4, 0.5) is 4.39 Å². The Labute approximate surface area is 176 Å². The predicted molar refractivity (Wildman–Crippen MR) is 113 cm³/mol. The molecule has 1 N–H and O–H groups in total. The molecule has 0 saturated carbocycles. The minimum Gasteiger partial charge on any atom is -0.351 e. The van der Waals surface area contributed by atoms with Crippen molar-refractivity contribution < 1.29 is 9.18 Å². The molecule has 0 saturated heterocycles. The van der Waals surface area contributed by atoms with Gasteiger partial charge in [0.05, 0.1) is 10.9 Å². The average Bonchev–Trinajstić information content (AvgIpc) is 2.70. The minimum atomic E-state index is -0.484. The van der Waals surface area contributed by atoms with E-state index in [1.54, 1.807) is 43.3 Å². The summed E-state index contributed by atoms with van der Waals surface area (Å²) in [7, 11) is 0. The first kappa shape index (κ1) is 21.1. The van der Waals surface area contributed by atoms with Crippen LogP contribution in [0.1, 0.15) is 18.1 Å². The first-order chi connectivity index (χ1) is 13.8. The number of benzene rings is 2. The molecule has 3 aromatic rings. The molecule has 0 spiro atoms. The molecule has 1 heterocycles. The summed E-state index contributed by atoms with van der Waals surface area (Å²) in [6.07, 6.45) is 0. The van der Waals surface area contributed by atoms with Crippen molar-refractivity contribution in [3.05, 3.63) is 86.9 Å². The molecule has 0 aliphatic carbocycles. The summed E-state index contributed by atoms with van der Waals surface area (Å²) >= 11 is 7.36. The molecule has 8 heteroatoms. The highest BCUT2D eigenvalue weighted by Crippen LogP contribution is 2.22. The quantitative estimate of drug-likeness (QED) is 0.596. The zero-order chi connectivity index (χ0) is 21.0. The Morgan fingerprint density at radius 1 is 1.24 bits per heavy atom. The maximum atomic E-state index is 13.7. The second-order valence-corrected chi connectivity index (χ2v) is 8.19. The van der Waals surface area contributed by atoms with Gasteiger partial charge in [-0.25, -0.2) is 4.39 Å². The highest BCUT2D eigenvalue weighted by atomic mass is 35.5. The molecule has 0 bridgehead atoms. The Bertz CT molecular complexity index is 1100. The van der Waals surface area contributed by atoms with Crippen molar-refractivity contribution in [1.29, 1.82) is 0 Å². The number of carbonyl (C=O) groups is 1. The second-order valence-electron chi connectivity index (χ2n) is 6.42. The van der Waals surface area contributed by atoms with Gasteiger partial charge in [0, 0.05) is 23.2 Å². The van der Waals surface area contributed by atoms with Gasteiger partial charge in [0.2, 0.25) is 5.91 Å². The van der Waals surface area contributed by atoms with Gasteiger partial charge in [-0.1, -0.05) is 47.6 Å². The zero-order valence-electron chi connectivity index (χ0n) is 15.9. The lowest BCUT2D eigenvalue weighted by molar-refractivity contribution is -0.120. The number of hydrogen-bond donors (Lipinski definition) is 1. The third-order valence-electron chi connectivity index (χ3n) is 4.25. The van der Waals surface area contributed by atoms with Gasteiger partial charge in [0.1, 0.15) is 10.8 Å². The van der Waals surface area contributed by atoms with E-state index < -0.39 is 5.25 Å². The lowest BCUT2D eigenvalue weighted by Gasteiger charge is -2.13. The number of carbonyl (C=O) groups excluding carboxylic acids is 1. The predicted octanol–water partition coefficient (Wildman–Crippen LogP) is 4.13. The highest BCUT2D eigenvalue weighted by molar-refractivity contribution is 8.00. The number of aromatic nitrogens is 2. The van der Waals surface area contributed by atoms with Gasteiger partial charge in [-0.05, 0) is 43.7 Å². The summed E-state index contributed by atoms with van der Waals surface area (Å²) < 4.78 is 14.9. The third-order valence-corrected chi connectivity index (χ3v) is 5.69. The van der Waals surface area contributed by atoms with Crippen molar-refractivity contribution in [3.63, 3.8) is 0 Å². The Kier molecular flexibility index (Phi) is 6.71. The number of rotatable bonds is 6. The molecule has 3 rings (SSSR count). The number of halogens is 2. The van der Waals surface area contributed by atoms with Crippen LogP contribution >= 0.6 is 23.4 Å². The standard InChI is InChI=1S/C21H19ClFN3O2S/c1-13-7-8-16(11-17(13)22)26-20(27)10-9-19(25-26)29-14(2)21(28)24-12-15-5-3-4-6-18(15)23/h3-11,14H,12H2,1-2H3,(H,24,28). The maximum Gasteiger partial charge on any atom is 0.271 e. The Morgan fingerprint density at radius 3 is 2.72 bits per heavy atom. The molecule has 2 aromatic carbocycles. The Balaban J connectivity index is 1.71. The molecular weight excluding hydrogens is 413 g/mol. The first-order valence-electron chi connectivity index (χ1n) is 8.90. The number of nitrogens with zero attached hydrogens (tertiary/aromatic N) is 2. The lowest BCUT2D eigenvalue weighted by Crippen LogP contribution is -2.31. The molecular formula is C21H19ClFN3O2S. The van der Waals surface area contributed by atoms with E-state index in [1.165, 1.54) is 28.6 Å². The van der Waals surface area contributed by atoms with Crippen molar-refractivity contribution in [2.75, 3.05) is 0 Å². The van der Waals surface area contributed by atoms with E-state index in [2.05, 4.69) is 10.4 Å². The molecule has 1 aromatic heterocycles. The van der Waals surface area contributed by atoms with Crippen molar-refractivity contribution in [1.82, 2.24) is 15.1 Å². The maximum absolute atomic E-state index is 13.7. The number of nitrogens with one attached hydrogen (secondary N) is 1. The molecule has 150 valence electrons. The molecule has 0 aliphatic rings. The Morgan fingerprint density at radius 2 is 2.00 bits per heavy atom. The molecule has 0 aliphatic heterocycles. The van der Waals surface area contributed by atoms with Crippen LogP contribution in [-0.2, 0) is 11.3 Å². The van der Waals surface area contributed by atoms with E-state index in [-0.39, 0.29) is 23.8 Å². The van der Waals surface area contributed by atoms with Crippen molar-refractivity contribution >= 4 is 29.3 Å². The van der Waals surface area contributed by atoms with Gasteiger partial charge in [-0.3, -0.25) is 9.59 Å². The number of thioether (sulfide) groups is 1. The summed E-state index contributed by atoms with van der Waals surface area (Å²) in [5, 5.41) is 7.62. The largest absolute Gasteiger partial charge is 0.351 e. The summed E-state index contributed by atoms with van der Waals surface area (Å²) in [4.78, 5) is 24.6. The van der Waals surface area contributed by atoms with Gasteiger partial charge in [0.25, 0.3) is 5.56 Å². The fourth-order valence-corrected chi connectivity index (χ4v) is 3.56.